The number of piperidine rings is 1. The van der Waals surface area contributed by atoms with Gasteiger partial charge in [-0.05, 0) is 38.3 Å². The van der Waals surface area contributed by atoms with Gasteiger partial charge in [0.15, 0.2) is 0 Å². The molecule has 2 N–H and O–H groups in total. The van der Waals surface area contributed by atoms with Crippen molar-refractivity contribution in [2.24, 2.45) is 0 Å². The van der Waals surface area contributed by atoms with Crippen molar-refractivity contribution in [2.45, 2.75) is 39.7 Å². The first kappa shape index (κ1) is 19.1. The van der Waals surface area contributed by atoms with E-state index in [1.807, 2.05) is 12.1 Å². The van der Waals surface area contributed by atoms with E-state index in [4.69, 9.17) is 0 Å². The summed E-state index contributed by atoms with van der Waals surface area (Å²) in [5.74, 6) is -0.0379. The van der Waals surface area contributed by atoms with Crippen LogP contribution >= 0.6 is 0 Å². The average Bonchev–Trinajstić information content (AvgIpc) is 2.59. The summed E-state index contributed by atoms with van der Waals surface area (Å²) in [7, 11) is 0. The number of aryl methyl sites for hydroxylation is 1. The van der Waals surface area contributed by atoms with E-state index in [0.717, 1.165) is 32.5 Å². The molecule has 0 saturated carbocycles. The van der Waals surface area contributed by atoms with E-state index in [1.165, 1.54) is 18.2 Å². The minimum Gasteiger partial charge on any atom is -0.370 e. The molecule has 1 fully saturated rings. The standard InChI is InChI=1S/C19H30N4O2/c1-4-22(18-10-6-5-8-15(18)2)13-11-20-19(25)23-12-7-9-17(14-23)21-16(3)24/h5-6,8,10,17H,4,7,9,11-14H2,1-3H3,(H,20,25)(H,21,24). The first-order valence-electron chi connectivity index (χ1n) is 9.11. The molecule has 6 nitrogen and oxygen atoms in total. The predicted molar refractivity (Wildman–Crippen MR) is 101 cm³/mol. The molecule has 0 aromatic heterocycles. The summed E-state index contributed by atoms with van der Waals surface area (Å²) in [6.07, 6.45) is 1.85. The maximum absolute atomic E-state index is 12.4. The second-order valence-electron chi connectivity index (χ2n) is 6.58. The van der Waals surface area contributed by atoms with Gasteiger partial charge in [-0.3, -0.25) is 4.79 Å². The molecule has 6 heteroatoms. The number of benzene rings is 1. The minimum atomic E-state index is -0.0455. The third kappa shape index (κ3) is 5.66. The maximum Gasteiger partial charge on any atom is 0.317 e. The van der Waals surface area contributed by atoms with E-state index in [-0.39, 0.29) is 18.0 Å². The Labute approximate surface area is 150 Å². The van der Waals surface area contributed by atoms with Crippen LogP contribution in [0.4, 0.5) is 10.5 Å². The molecule has 1 atom stereocenters. The van der Waals surface area contributed by atoms with Crippen LogP contribution in [0.15, 0.2) is 24.3 Å². The molecular weight excluding hydrogens is 316 g/mol. The SMILES string of the molecule is CCN(CCNC(=O)N1CCCC(NC(C)=O)C1)c1ccccc1C. The van der Waals surface area contributed by atoms with E-state index in [1.54, 1.807) is 4.90 Å². The highest BCUT2D eigenvalue weighted by Crippen LogP contribution is 2.18. The van der Waals surface area contributed by atoms with Gasteiger partial charge in [-0.15, -0.1) is 0 Å². The van der Waals surface area contributed by atoms with Crippen molar-refractivity contribution in [1.29, 1.82) is 0 Å². The molecule has 1 aliphatic rings. The number of likely N-dealkylation sites (tertiary alicyclic amines) is 1. The quantitative estimate of drug-likeness (QED) is 0.829. The first-order chi connectivity index (χ1) is 12.0. The van der Waals surface area contributed by atoms with Gasteiger partial charge in [0.2, 0.25) is 5.91 Å². The normalized spacial score (nSPS) is 17.1. The first-order valence-corrected chi connectivity index (χ1v) is 9.11. The van der Waals surface area contributed by atoms with Crippen molar-refractivity contribution in [3.63, 3.8) is 0 Å². The monoisotopic (exact) mass is 346 g/mol. The molecule has 1 saturated heterocycles. The van der Waals surface area contributed by atoms with Gasteiger partial charge < -0.3 is 20.4 Å². The van der Waals surface area contributed by atoms with Gasteiger partial charge in [-0.2, -0.15) is 0 Å². The molecule has 1 unspecified atom stereocenters. The van der Waals surface area contributed by atoms with Crippen LogP contribution < -0.4 is 15.5 Å². The van der Waals surface area contributed by atoms with Gasteiger partial charge in [0.25, 0.3) is 0 Å². The van der Waals surface area contributed by atoms with Gasteiger partial charge in [-0.25, -0.2) is 4.79 Å². The van der Waals surface area contributed by atoms with E-state index < -0.39 is 0 Å². The highest BCUT2D eigenvalue weighted by molar-refractivity contribution is 5.75. The second kappa shape index (κ2) is 9.30. The van der Waals surface area contributed by atoms with Crippen molar-refractivity contribution >= 4 is 17.6 Å². The number of nitrogens with zero attached hydrogens (tertiary/aromatic N) is 2. The van der Waals surface area contributed by atoms with Crippen LogP contribution in [0.3, 0.4) is 0 Å². The number of para-hydroxylation sites is 1. The average molecular weight is 346 g/mol. The number of anilines is 1. The second-order valence-corrected chi connectivity index (χ2v) is 6.58. The molecule has 1 aromatic carbocycles. The zero-order valence-corrected chi connectivity index (χ0v) is 15.5. The van der Waals surface area contributed by atoms with Crippen molar-refractivity contribution in [3.05, 3.63) is 29.8 Å². The van der Waals surface area contributed by atoms with Gasteiger partial charge in [0.1, 0.15) is 0 Å². The number of likely N-dealkylation sites (N-methyl/N-ethyl adjacent to an activating group) is 1. The number of hydrogen-bond acceptors (Lipinski definition) is 3. The van der Waals surface area contributed by atoms with Crippen molar-refractivity contribution in [2.75, 3.05) is 37.6 Å². The van der Waals surface area contributed by atoms with Crippen LogP contribution in [0.1, 0.15) is 32.3 Å². The van der Waals surface area contributed by atoms with Gasteiger partial charge >= 0.3 is 6.03 Å². The topological polar surface area (TPSA) is 64.7 Å². The molecule has 1 aliphatic heterocycles. The smallest absolute Gasteiger partial charge is 0.317 e. The number of carbonyl (C=O) groups is 2. The molecule has 25 heavy (non-hydrogen) atoms. The van der Waals surface area contributed by atoms with Crippen molar-refractivity contribution in [3.8, 4) is 0 Å². The molecule has 0 radical (unpaired) electrons. The third-order valence-electron chi connectivity index (χ3n) is 4.61. The van der Waals surface area contributed by atoms with E-state index in [0.29, 0.717) is 13.1 Å². The Morgan fingerprint density at radius 2 is 2.08 bits per heavy atom. The Morgan fingerprint density at radius 1 is 1.32 bits per heavy atom. The molecule has 138 valence electrons. The van der Waals surface area contributed by atoms with Crippen LogP contribution in [0, 0.1) is 6.92 Å². The maximum atomic E-state index is 12.4. The van der Waals surface area contributed by atoms with E-state index in [9.17, 15) is 9.59 Å². The summed E-state index contributed by atoms with van der Waals surface area (Å²) in [4.78, 5) is 27.7. The zero-order valence-electron chi connectivity index (χ0n) is 15.5. The summed E-state index contributed by atoms with van der Waals surface area (Å²) in [5.41, 5.74) is 2.45. The summed E-state index contributed by atoms with van der Waals surface area (Å²) in [6, 6.07) is 8.32. The van der Waals surface area contributed by atoms with Crippen LogP contribution in [0.25, 0.3) is 0 Å². The minimum absolute atomic E-state index is 0.0379. The molecule has 3 amide bonds. The summed E-state index contributed by atoms with van der Waals surface area (Å²) < 4.78 is 0. The Hall–Kier alpha value is -2.24. The van der Waals surface area contributed by atoms with E-state index in [2.05, 4.69) is 41.5 Å². The zero-order chi connectivity index (χ0) is 18.2. The Kier molecular flexibility index (Phi) is 7.10. The fourth-order valence-corrected chi connectivity index (χ4v) is 3.34. The lowest BCUT2D eigenvalue weighted by Gasteiger charge is -2.33. The van der Waals surface area contributed by atoms with Gasteiger partial charge in [0, 0.05) is 51.4 Å². The van der Waals surface area contributed by atoms with E-state index >= 15 is 0 Å². The molecule has 0 spiro atoms. The van der Waals surface area contributed by atoms with Crippen LogP contribution in [-0.2, 0) is 4.79 Å². The number of urea groups is 1. The summed E-state index contributed by atoms with van der Waals surface area (Å²) in [5, 5.41) is 5.92. The van der Waals surface area contributed by atoms with Crippen LogP contribution in [0.2, 0.25) is 0 Å². The Morgan fingerprint density at radius 3 is 2.76 bits per heavy atom. The van der Waals surface area contributed by atoms with Crippen molar-refractivity contribution in [1.82, 2.24) is 15.5 Å². The summed E-state index contributed by atoms with van der Waals surface area (Å²) >= 11 is 0. The molecule has 2 rings (SSSR count). The predicted octanol–water partition coefficient (Wildman–Crippen LogP) is 2.13. The number of hydrogen-bond donors (Lipinski definition) is 2. The number of amides is 3. The van der Waals surface area contributed by atoms with Crippen molar-refractivity contribution < 1.29 is 9.59 Å². The summed E-state index contributed by atoms with van der Waals surface area (Å²) in [6.45, 7) is 9.35. The number of nitrogens with one attached hydrogen (secondary N) is 2. The van der Waals surface area contributed by atoms with Crippen LogP contribution in [0.5, 0.6) is 0 Å². The van der Waals surface area contributed by atoms with Gasteiger partial charge in [0.05, 0.1) is 0 Å². The third-order valence-corrected chi connectivity index (χ3v) is 4.61. The molecular formula is C19H30N4O2. The molecule has 0 aliphatic carbocycles. The highest BCUT2D eigenvalue weighted by atomic mass is 16.2. The van der Waals surface area contributed by atoms with Gasteiger partial charge in [-0.1, -0.05) is 18.2 Å². The fraction of sp³-hybridized carbons (Fsp3) is 0.579. The Balaban J connectivity index is 1.81. The van der Waals surface area contributed by atoms with Crippen LogP contribution in [-0.4, -0.2) is 55.6 Å². The highest BCUT2D eigenvalue weighted by Gasteiger charge is 2.23. The lowest BCUT2D eigenvalue weighted by atomic mass is 10.1. The number of carbonyl (C=O) groups excluding carboxylic acids is 2. The fourth-order valence-electron chi connectivity index (χ4n) is 3.34. The number of rotatable bonds is 6. The molecule has 1 aromatic rings. The lowest BCUT2D eigenvalue weighted by molar-refractivity contribution is -0.119. The largest absolute Gasteiger partial charge is 0.370 e. The lowest BCUT2D eigenvalue weighted by Crippen LogP contribution is -2.52. The molecule has 1 heterocycles. The Bertz CT molecular complexity index is 591. The molecule has 0 bridgehead atoms.